The Kier molecular flexibility index (Phi) is 6.87. The van der Waals surface area contributed by atoms with E-state index in [4.69, 9.17) is 9.47 Å². The van der Waals surface area contributed by atoms with Gasteiger partial charge in [-0.25, -0.2) is 4.79 Å². The lowest BCUT2D eigenvalue weighted by atomic mass is 9.72. The molecule has 0 aliphatic carbocycles. The molecule has 6 heteroatoms. The van der Waals surface area contributed by atoms with Crippen LogP contribution in [0.5, 0.6) is 11.5 Å². The molecular formula is C29H32BrNO4. The number of rotatable bonds is 5. The quantitative estimate of drug-likeness (QED) is 0.355. The number of hydrogen-bond acceptors (Lipinski definition) is 4. The Hall–Kier alpha value is -2.99. The molecule has 5 nitrogen and oxygen atoms in total. The van der Waals surface area contributed by atoms with Crippen molar-refractivity contribution in [2.45, 2.75) is 45.1 Å². The second-order valence-electron chi connectivity index (χ2n) is 10.2. The summed E-state index contributed by atoms with van der Waals surface area (Å²) in [6.07, 6.45) is 0. The van der Waals surface area contributed by atoms with E-state index in [1.54, 1.807) is 20.3 Å². The summed E-state index contributed by atoms with van der Waals surface area (Å²) < 4.78 is 11.8. The summed E-state index contributed by atoms with van der Waals surface area (Å²) >= 11 is 3.53. The van der Waals surface area contributed by atoms with Gasteiger partial charge in [0.15, 0.2) is 11.5 Å². The van der Waals surface area contributed by atoms with Crippen molar-refractivity contribution in [3.63, 3.8) is 0 Å². The molecule has 0 unspecified atom stereocenters. The SMILES string of the molecule is COc1ccc([C@H]2c3cc(Br)cc(C(=O)O)c3N[C@H](c3ccc(C(C)(C)C)cc3)[C@H]2C)cc1OC. The van der Waals surface area contributed by atoms with Crippen LogP contribution < -0.4 is 14.8 Å². The Balaban J connectivity index is 1.89. The summed E-state index contributed by atoms with van der Waals surface area (Å²) in [5, 5.41) is 13.6. The number of anilines is 1. The fraction of sp³-hybridized carbons (Fsp3) is 0.345. The van der Waals surface area contributed by atoms with E-state index in [1.165, 1.54) is 5.56 Å². The fourth-order valence-corrected chi connectivity index (χ4v) is 5.55. The molecule has 1 heterocycles. The Bertz CT molecular complexity index is 1250. The number of carboxylic acids is 1. The van der Waals surface area contributed by atoms with Gasteiger partial charge in [0.05, 0.1) is 31.5 Å². The Morgan fingerprint density at radius 1 is 0.943 bits per heavy atom. The van der Waals surface area contributed by atoms with Gasteiger partial charge < -0.3 is 19.9 Å². The average molecular weight is 538 g/mol. The van der Waals surface area contributed by atoms with Crippen LogP contribution >= 0.6 is 15.9 Å². The Morgan fingerprint density at radius 3 is 2.14 bits per heavy atom. The number of fused-ring (bicyclic) bond motifs is 1. The van der Waals surface area contributed by atoms with Crippen LogP contribution in [0, 0.1) is 5.92 Å². The molecule has 35 heavy (non-hydrogen) atoms. The zero-order chi connectivity index (χ0) is 25.5. The minimum Gasteiger partial charge on any atom is -0.493 e. The van der Waals surface area contributed by atoms with E-state index in [0.717, 1.165) is 21.2 Å². The number of aromatic carboxylic acids is 1. The van der Waals surface area contributed by atoms with Gasteiger partial charge in [-0.2, -0.15) is 0 Å². The average Bonchev–Trinajstić information content (AvgIpc) is 2.82. The van der Waals surface area contributed by atoms with Gasteiger partial charge in [-0.1, -0.05) is 74.0 Å². The van der Waals surface area contributed by atoms with Gasteiger partial charge in [0, 0.05) is 10.4 Å². The first-order valence-corrected chi connectivity index (χ1v) is 12.5. The van der Waals surface area contributed by atoms with E-state index in [0.29, 0.717) is 17.2 Å². The molecule has 0 fully saturated rings. The zero-order valence-electron chi connectivity index (χ0n) is 21.0. The lowest BCUT2D eigenvalue weighted by Gasteiger charge is -2.40. The normalized spacial score (nSPS) is 19.5. The Morgan fingerprint density at radius 2 is 1.57 bits per heavy atom. The first-order valence-electron chi connectivity index (χ1n) is 11.7. The van der Waals surface area contributed by atoms with Gasteiger partial charge >= 0.3 is 5.97 Å². The summed E-state index contributed by atoms with van der Waals surface area (Å²) in [6, 6.07) is 18.2. The molecule has 0 saturated carbocycles. The summed E-state index contributed by atoms with van der Waals surface area (Å²) in [7, 11) is 3.24. The lowest BCUT2D eigenvalue weighted by molar-refractivity contribution is 0.0697. The molecule has 184 valence electrons. The van der Waals surface area contributed by atoms with E-state index in [-0.39, 0.29) is 28.9 Å². The minimum atomic E-state index is -0.961. The number of carboxylic acid groups (broad SMARTS) is 1. The van der Waals surface area contributed by atoms with Gasteiger partial charge in [0.25, 0.3) is 0 Å². The highest BCUT2D eigenvalue weighted by molar-refractivity contribution is 9.10. The predicted octanol–water partition coefficient (Wildman–Crippen LogP) is 7.40. The number of halogens is 1. The monoisotopic (exact) mass is 537 g/mol. The van der Waals surface area contributed by atoms with Crippen LogP contribution in [0.2, 0.25) is 0 Å². The van der Waals surface area contributed by atoms with Crippen molar-refractivity contribution in [1.29, 1.82) is 0 Å². The number of ether oxygens (including phenoxy) is 2. The summed E-state index contributed by atoms with van der Waals surface area (Å²) in [5.74, 6) is 0.410. The molecule has 3 aromatic rings. The third-order valence-corrected chi connectivity index (χ3v) is 7.41. The molecule has 1 aliphatic heterocycles. The number of nitrogens with one attached hydrogen (secondary N) is 1. The van der Waals surface area contributed by atoms with Crippen molar-refractivity contribution >= 4 is 27.6 Å². The van der Waals surface area contributed by atoms with E-state index in [1.807, 2.05) is 24.3 Å². The maximum absolute atomic E-state index is 12.2. The maximum Gasteiger partial charge on any atom is 0.337 e. The molecule has 0 radical (unpaired) electrons. The van der Waals surface area contributed by atoms with E-state index in [2.05, 4.69) is 73.2 Å². The highest BCUT2D eigenvalue weighted by Crippen LogP contribution is 2.50. The first kappa shape index (κ1) is 25.1. The van der Waals surface area contributed by atoms with Crippen LogP contribution in [0.25, 0.3) is 0 Å². The van der Waals surface area contributed by atoms with Crippen molar-refractivity contribution < 1.29 is 19.4 Å². The maximum atomic E-state index is 12.2. The molecule has 4 rings (SSSR count). The molecule has 0 amide bonds. The summed E-state index contributed by atoms with van der Waals surface area (Å²) in [4.78, 5) is 12.2. The van der Waals surface area contributed by atoms with Crippen LogP contribution in [0.15, 0.2) is 59.1 Å². The molecule has 0 saturated heterocycles. The molecule has 3 atom stereocenters. The number of methoxy groups -OCH3 is 2. The largest absolute Gasteiger partial charge is 0.493 e. The molecular weight excluding hydrogens is 506 g/mol. The topological polar surface area (TPSA) is 67.8 Å². The molecule has 1 aliphatic rings. The molecule has 0 spiro atoms. The van der Waals surface area contributed by atoms with Crippen LogP contribution in [0.3, 0.4) is 0 Å². The van der Waals surface area contributed by atoms with Gasteiger partial charge in [-0.3, -0.25) is 0 Å². The smallest absolute Gasteiger partial charge is 0.337 e. The second kappa shape index (κ2) is 9.57. The third kappa shape index (κ3) is 4.76. The van der Waals surface area contributed by atoms with Gasteiger partial charge in [-0.05, 0) is 57.9 Å². The van der Waals surface area contributed by atoms with Crippen molar-refractivity contribution in [2.24, 2.45) is 5.92 Å². The minimum absolute atomic E-state index is 0.0572. The summed E-state index contributed by atoms with van der Waals surface area (Å²) in [5.41, 5.74) is 5.34. The van der Waals surface area contributed by atoms with Crippen LogP contribution in [-0.2, 0) is 5.41 Å². The van der Waals surface area contributed by atoms with Crippen LogP contribution in [0.4, 0.5) is 5.69 Å². The Labute approximate surface area is 215 Å². The first-order chi connectivity index (χ1) is 16.5. The summed E-state index contributed by atoms with van der Waals surface area (Å²) in [6.45, 7) is 8.80. The number of carbonyl (C=O) groups is 1. The van der Waals surface area contributed by atoms with E-state index >= 15 is 0 Å². The van der Waals surface area contributed by atoms with Gasteiger partial charge in [0.2, 0.25) is 0 Å². The van der Waals surface area contributed by atoms with Crippen LogP contribution in [-0.4, -0.2) is 25.3 Å². The van der Waals surface area contributed by atoms with Crippen LogP contribution in [0.1, 0.15) is 72.3 Å². The molecule has 3 aromatic carbocycles. The zero-order valence-corrected chi connectivity index (χ0v) is 22.6. The number of hydrogen-bond donors (Lipinski definition) is 2. The van der Waals surface area contributed by atoms with E-state index in [9.17, 15) is 9.90 Å². The van der Waals surface area contributed by atoms with Crippen molar-refractivity contribution in [3.05, 3.63) is 86.9 Å². The molecule has 0 bridgehead atoms. The van der Waals surface area contributed by atoms with Crippen molar-refractivity contribution in [1.82, 2.24) is 0 Å². The molecule has 0 aromatic heterocycles. The lowest BCUT2D eigenvalue weighted by Crippen LogP contribution is -2.32. The number of benzene rings is 3. The molecule has 2 N–H and O–H groups in total. The third-order valence-electron chi connectivity index (χ3n) is 6.95. The van der Waals surface area contributed by atoms with Crippen molar-refractivity contribution in [2.75, 3.05) is 19.5 Å². The predicted molar refractivity (Wildman–Crippen MR) is 143 cm³/mol. The highest BCUT2D eigenvalue weighted by Gasteiger charge is 2.38. The van der Waals surface area contributed by atoms with Gasteiger partial charge in [-0.15, -0.1) is 0 Å². The van der Waals surface area contributed by atoms with Crippen molar-refractivity contribution in [3.8, 4) is 11.5 Å². The highest BCUT2D eigenvalue weighted by atomic mass is 79.9. The fourth-order valence-electron chi connectivity index (χ4n) is 5.07. The van der Waals surface area contributed by atoms with Gasteiger partial charge in [0.1, 0.15) is 0 Å². The standard InChI is InChI=1S/C29H32BrNO4/c1-16-25(18-9-12-23(34-5)24(13-18)35-6)21-14-20(30)15-22(28(32)33)27(21)31-26(16)17-7-10-19(11-8-17)29(2,3)4/h7-16,25-26,31H,1-6H3,(H,32,33)/t16-,25-,26-/m0/s1. The van der Waals surface area contributed by atoms with E-state index < -0.39 is 5.97 Å². The second-order valence-corrected chi connectivity index (χ2v) is 11.1.